The van der Waals surface area contributed by atoms with Crippen molar-refractivity contribution >= 4 is 0 Å². The van der Waals surface area contributed by atoms with Crippen LogP contribution in [0.3, 0.4) is 0 Å². The average Bonchev–Trinajstić information content (AvgIpc) is 2.60. The molecule has 2 aromatic heterocycles. The predicted molar refractivity (Wildman–Crippen MR) is 102 cm³/mol. The number of aromatic nitrogens is 2. The molecular weight excluding hydrogens is 292 g/mol. The number of hydrogen-bond acceptors (Lipinski definition) is 2. The van der Waals surface area contributed by atoms with Crippen LogP contribution in [0.4, 0.5) is 0 Å². The second-order valence-corrected chi connectivity index (χ2v) is 7.34. The summed E-state index contributed by atoms with van der Waals surface area (Å²) in [4.78, 5) is 9.38. The zero-order chi connectivity index (χ0) is 17.4. The Morgan fingerprint density at radius 3 is 1.88 bits per heavy atom. The van der Waals surface area contributed by atoms with Gasteiger partial charge in [0, 0.05) is 35.6 Å². The molecule has 0 amide bonds. The summed E-state index contributed by atoms with van der Waals surface area (Å²) < 4.78 is 0. The highest BCUT2D eigenvalue weighted by atomic mass is 14.7. The van der Waals surface area contributed by atoms with Gasteiger partial charge in [0.1, 0.15) is 0 Å². The lowest BCUT2D eigenvalue weighted by atomic mass is 9.64. The molecule has 0 fully saturated rings. The number of hydrogen-bond donors (Lipinski definition) is 0. The Morgan fingerprint density at radius 2 is 1.42 bits per heavy atom. The highest BCUT2D eigenvalue weighted by molar-refractivity contribution is 5.20. The fourth-order valence-electron chi connectivity index (χ4n) is 4.02. The third-order valence-electron chi connectivity index (χ3n) is 5.39. The van der Waals surface area contributed by atoms with E-state index in [2.05, 4.69) is 56.9 Å². The summed E-state index contributed by atoms with van der Waals surface area (Å²) in [5.41, 5.74) is 2.56. The van der Waals surface area contributed by atoms with Crippen molar-refractivity contribution in [3.8, 4) is 0 Å². The van der Waals surface area contributed by atoms with Gasteiger partial charge in [-0.3, -0.25) is 9.97 Å². The molecule has 2 unspecified atom stereocenters. The predicted octanol–water partition coefficient (Wildman–Crippen LogP) is 6.36. The van der Waals surface area contributed by atoms with Gasteiger partial charge in [-0.15, -0.1) is 0 Å². The van der Waals surface area contributed by atoms with Gasteiger partial charge in [0.15, 0.2) is 0 Å². The largest absolute Gasteiger partial charge is 0.261 e. The Kier molecular flexibility index (Phi) is 6.96. The van der Waals surface area contributed by atoms with E-state index >= 15 is 0 Å². The molecule has 24 heavy (non-hydrogen) atoms. The molecule has 2 nitrogen and oxygen atoms in total. The van der Waals surface area contributed by atoms with Crippen LogP contribution < -0.4 is 0 Å². The maximum Gasteiger partial charge on any atom is 0.0440 e. The molecule has 130 valence electrons. The molecule has 0 saturated heterocycles. The quantitative estimate of drug-likeness (QED) is 0.501. The second kappa shape index (κ2) is 8.96. The Morgan fingerprint density at radius 1 is 0.833 bits per heavy atom. The highest BCUT2D eigenvalue weighted by Crippen LogP contribution is 2.49. The van der Waals surface area contributed by atoms with Crippen LogP contribution in [-0.4, -0.2) is 9.97 Å². The van der Waals surface area contributed by atoms with Crippen LogP contribution in [0.1, 0.15) is 83.0 Å². The van der Waals surface area contributed by atoms with Gasteiger partial charge >= 0.3 is 0 Å². The molecule has 0 spiro atoms. The first-order valence-corrected chi connectivity index (χ1v) is 9.43. The van der Waals surface area contributed by atoms with Gasteiger partial charge < -0.3 is 0 Å². The zero-order valence-corrected chi connectivity index (χ0v) is 15.7. The number of pyridine rings is 2. The summed E-state index contributed by atoms with van der Waals surface area (Å²) in [6, 6.07) is 12.6. The summed E-state index contributed by atoms with van der Waals surface area (Å²) >= 11 is 0. The van der Waals surface area contributed by atoms with Crippen LogP contribution in [0.2, 0.25) is 0 Å². The van der Waals surface area contributed by atoms with E-state index < -0.39 is 0 Å². The molecule has 2 heteroatoms. The van der Waals surface area contributed by atoms with Crippen molar-refractivity contribution in [2.24, 2.45) is 5.41 Å². The lowest BCUT2D eigenvalue weighted by Crippen LogP contribution is -2.31. The van der Waals surface area contributed by atoms with Crippen molar-refractivity contribution in [1.29, 1.82) is 0 Å². The summed E-state index contributed by atoms with van der Waals surface area (Å²) in [5.74, 6) is 0.893. The summed E-state index contributed by atoms with van der Waals surface area (Å²) in [6.45, 7) is 9.36. The maximum absolute atomic E-state index is 4.71. The van der Waals surface area contributed by atoms with Crippen molar-refractivity contribution < 1.29 is 0 Å². The first-order chi connectivity index (χ1) is 11.6. The topological polar surface area (TPSA) is 25.8 Å². The highest BCUT2D eigenvalue weighted by Gasteiger charge is 2.38. The van der Waals surface area contributed by atoms with Crippen molar-refractivity contribution in [2.45, 2.75) is 71.6 Å². The molecule has 0 aromatic carbocycles. The smallest absolute Gasteiger partial charge is 0.0440 e. The lowest BCUT2D eigenvalue weighted by Gasteiger charge is -2.40. The molecular formula is C22H32N2. The van der Waals surface area contributed by atoms with Crippen molar-refractivity contribution in [3.63, 3.8) is 0 Å². The molecule has 0 aliphatic heterocycles. The number of nitrogens with zero attached hydrogens (tertiary/aromatic N) is 2. The van der Waals surface area contributed by atoms with Crippen LogP contribution in [0.15, 0.2) is 48.8 Å². The molecule has 2 heterocycles. The maximum atomic E-state index is 4.71. The summed E-state index contributed by atoms with van der Waals surface area (Å²) in [5, 5.41) is 0. The minimum absolute atomic E-state index is 0.116. The van der Waals surface area contributed by atoms with E-state index in [0.29, 0.717) is 11.8 Å². The molecule has 0 radical (unpaired) electrons. The fourth-order valence-corrected chi connectivity index (χ4v) is 4.02. The van der Waals surface area contributed by atoms with Crippen LogP contribution in [0.5, 0.6) is 0 Å². The molecule has 0 saturated carbocycles. The van der Waals surface area contributed by atoms with Crippen molar-refractivity contribution in [2.75, 3.05) is 0 Å². The van der Waals surface area contributed by atoms with Crippen LogP contribution in [0, 0.1) is 5.41 Å². The molecule has 2 rings (SSSR count). The molecule has 2 aromatic rings. The van der Waals surface area contributed by atoms with Crippen LogP contribution in [0.25, 0.3) is 0 Å². The molecule has 0 bridgehead atoms. The van der Waals surface area contributed by atoms with E-state index in [1.807, 2.05) is 24.5 Å². The first-order valence-electron chi connectivity index (χ1n) is 9.43. The standard InChI is InChI=1S/C22H32N2/c1-5-7-8-13-19(21-15-10-12-17-24-21)22(3,4)18(6-2)20-14-9-11-16-23-20/h9-12,14-19H,5-8,13H2,1-4H3. The third kappa shape index (κ3) is 4.43. The van der Waals surface area contributed by atoms with Crippen LogP contribution >= 0.6 is 0 Å². The fraction of sp³-hybridized carbons (Fsp3) is 0.545. The monoisotopic (exact) mass is 324 g/mol. The number of rotatable bonds is 9. The van der Waals surface area contributed by atoms with Gasteiger partial charge in [-0.05, 0) is 42.5 Å². The van der Waals surface area contributed by atoms with Crippen molar-refractivity contribution in [1.82, 2.24) is 9.97 Å². The average molecular weight is 325 g/mol. The third-order valence-corrected chi connectivity index (χ3v) is 5.39. The Bertz CT molecular complexity index is 577. The van der Waals surface area contributed by atoms with E-state index in [1.165, 1.54) is 37.1 Å². The van der Waals surface area contributed by atoms with Gasteiger partial charge in [-0.25, -0.2) is 0 Å². The van der Waals surface area contributed by atoms with E-state index in [4.69, 9.17) is 4.98 Å². The van der Waals surface area contributed by atoms with Gasteiger partial charge in [0.05, 0.1) is 0 Å². The molecule has 0 N–H and O–H groups in total. The van der Waals surface area contributed by atoms with Crippen LogP contribution in [-0.2, 0) is 0 Å². The van der Waals surface area contributed by atoms with E-state index in [-0.39, 0.29) is 5.41 Å². The Labute approximate surface area is 147 Å². The van der Waals surface area contributed by atoms with Gasteiger partial charge in [-0.2, -0.15) is 0 Å². The minimum Gasteiger partial charge on any atom is -0.261 e. The zero-order valence-electron chi connectivity index (χ0n) is 15.7. The van der Waals surface area contributed by atoms with Gasteiger partial charge in [0.2, 0.25) is 0 Å². The number of unbranched alkanes of at least 4 members (excludes halogenated alkanes) is 2. The summed E-state index contributed by atoms with van der Waals surface area (Å²) in [7, 11) is 0. The molecule has 0 aliphatic rings. The SMILES string of the molecule is CCCCCC(c1ccccn1)C(C)(C)C(CC)c1ccccn1. The minimum atomic E-state index is 0.116. The van der Waals surface area contributed by atoms with Gasteiger partial charge in [0.25, 0.3) is 0 Å². The van der Waals surface area contributed by atoms with E-state index in [0.717, 1.165) is 6.42 Å². The Balaban J connectivity index is 2.34. The molecule has 2 atom stereocenters. The lowest BCUT2D eigenvalue weighted by molar-refractivity contribution is 0.198. The molecule has 0 aliphatic carbocycles. The Hall–Kier alpha value is -1.70. The van der Waals surface area contributed by atoms with E-state index in [1.54, 1.807) is 0 Å². The first kappa shape index (κ1) is 18.6. The van der Waals surface area contributed by atoms with Crippen molar-refractivity contribution in [3.05, 3.63) is 60.2 Å². The summed E-state index contributed by atoms with van der Waals surface area (Å²) in [6.07, 6.45) is 9.95. The van der Waals surface area contributed by atoms with Gasteiger partial charge in [-0.1, -0.05) is 59.1 Å². The second-order valence-electron chi connectivity index (χ2n) is 7.34. The van der Waals surface area contributed by atoms with E-state index in [9.17, 15) is 0 Å². The normalized spacial score (nSPS) is 14.3.